The van der Waals surface area contributed by atoms with E-state index >= 15 is 0 Å². The fourth-order valence-electron chi connectivity index (χ4n) is 2.87. The average molecular weight is 525 g/mol. The highest BCUT2D eigenvalue weighted by molar-refractivity contribution is 14.0. The lowest BCUT2D eigenvalue weighted by molar-refractivity contribution is 0.250. The van der Waals surface area contributed by atoms with Crippen molar-refractivity contribution in [2.75, 3.05) is 26.5 Å². The number of anilines is 1. The predicted molar refractivity (Wildman–Crippen MR) is 134 cm³/mol. The van der Waals surface area contributed by atoms with Gasteiger partial charge in [-0.25, -0.2) is 4.79 Å². The van der Waals surface area contributed by atoms with Gasteiger partial charge in [0.1, 0.15) is 5.75 Å². The minimum absolute atomic E-state index is 0. The normalized spacial score (nSPS) is 10.8. The van der Waals surface area contributed by atoms with Gasteiger partial charge in [-0.05, 0) is 37.6 Å². The van der Waals surface area contributed by atoms with Gasteiger partial charge in [0.15, 0.2) is 5.96 Å². The summed E-state index contributed by atoms with van der Waals surface area (Å²) in [5.41, 5.74) is 2.94. The third-order valence-corrected chi connectivity index (χ3v) is 4.26. The van der Waals surface area contributed by atoms with E-state index in [4.69, 9.17) is 4.74 Å². The summed E-state index contributed by atoms with van der Waals surface area (Å²) in [6.45, 7) is 5.15. The smallest absolute Gasteiger partial charge is 0.319 e. The average Bonchev–Trinajstić information content (AvgIpc) is 2.69. The number of benzene rings is 2. The molecule has 7 nitrogen and oxygen atoms in total. The van der Waals surface area contributed by atoms with Gasteiger partial charge in [0, 0.05) is 44.5 Å². The van der Waals surface area contributed by atoms with Crippen LogP contribution in [0.3, 0.4) is 0 Å². The topological polar surface area (TPSA) is 78.0 Å². The molecule has 30 heavy (non-hydrogen) atoms. The lowest BCUT2D eigenvalue weighted by Crippen LogP contribution is -2.38. The third kappa shape index (κ3) is 8.10. The van der Waals surface area contributed by atoms with Crippen LogP contribution in [0, 0.1) is 0 Å². The Hall–Kier alpha value is -2.49. The quantitative estimate of drug-likeness (QED) is 0.290. The number of nitrogens with one attached hydrogen (secondary N) is 3. The van der Waals surface area contributed by atoms with Gasteiger partial charge >= 0.3 is 6.03 Å². The largest absolute Gasteiger partial charge is 0.496 e. The number of aliphatic imine (C=N–C) groups is 1. The lowest BCUT2D eigenvalue weighted by Gasteiger charge is -2.23. The second-order valence-corrected chi connectivity index (χ2v) is 7.02. The summed E-state index contributed by atoms with van der Waals surface area (Å²) < 4.78 is 5.43. The van der Waals surface area contributed by atoms with Gasteiger partial charge < -0.3 is 25.6 Å². The van der Waals surface area contributed by atoms with Crippen LogP contribution in [0.5, 0.6) is 5.75 Å². The molecular formula is C22H32IN5O2. The molecule has 2 aromatic rings. The van der Waals surface area contributed by atoms with Crippen LogP contribution in [0.15, 0.2) is 53.5 Å². The third-order valence-electron chi connectivity index (χ3n) is 4.26. The molecule has 0 radical (unpaired) electrons. The van der Waals surface area contributed by atoms with Crippen molar-refractivity contribution in [3.8, 4) is 5.75 Å². The van der Waals surface area contributed by atoms with Crippen LogP contribution < -0.4 is 20.7 Å². The Morgan fingerprint density at radius 2 is 1.80 bits per heavy atom. The minimum Gasteiger partial charge on any atom is -0.496 e. The fourth-order valence-corrected chi connectivity index (χ4v) is 2.87. The van der Waals surface area contributed by atoms with E-state index in [2.05, 4.69) is 20.9 Å². The molecule has 2 amide bonds. The molecule has 0 aliphatic rings. The number of methoxy groups -OCH3 is 1. The second kappa shape index (κ2) is 12.9. The molecule has 2 aromatic carbocycles. The van der Waals surface area contributed by atoms with E-state index in [1.807, 2.05) is 74.3 Å². The molecule has 0 spiro atoms. The second-order valence-electron chi connectivity index (χ2n) is 7.02. The van der Waals surface area contributed by atoms with E-state index in [-0.39, 0.29) is 36.0 Å². The zero-order chi connectivity index (χ0) is 21.2. The van der Waals surface area contributed by atoms with Crippen LogP contribution in [0.2, 0.25) is 0 Å². The summed E-state index contributed by atoms with van der Waals surface area (Å²) in [6.07, 6.45) is 0. The van der Waals surface area contributed by atoms with Crippen molar-refractivity contribution in [1.29, 1.82) is 0 Å². The number of nitrogens with zero attached hydrogens (tertiary/aromatic N) is 2. The Labute approximate surface area is 196 Å². The van der Waals surface area contributed by atoms with Crippen LogP contribution in [-0.4, -0.2) is 44.1 Å². The number of urea groups is 1. The molecule has 0 aliphatic carbocycles. The van der Waals surface area contributed by atoms with Crippen molar-refractivity contribution >= 4 is 41.7 Å². The van der Waals surface area contributed by atoms with Crippen molar-refractivity contribution in [3.63, 3.8) is 0 Å². The number of halogens is 1. The molecule has 8 heteroatoms. The van der Waals surface area contributed by atoms with E-state index in [1.165, 1.54) is 0 Å². The SMILES string of the molecule is CN=C(NCc1ccc(NC(=O)NC(C)C)cc1)N(C)Cc1ccccc1OC.I. The first-order valence-corrected chi connectivity index (χ1v) is 9.63. The maximum Gasteiger partial charge on any atom is 0.319 e. The van der Waals surface area contributed by atoms with Gasteiger partial charge in [0.05, 0.1) is 7.11 Å². The number of guanidine groups is 1. The minimum atomic E-state index is -0.204. The van der Waals surface area contributed by atoms with E-state index in [9.17, 15) is 4.79 Å². The lowest BCUT2D eigenvalue weighted by atomic mass is 10.2. The van der Waals surface area contributed by atoms with E-state index in [0.29, 0.717) is 13.1 Å². The van der Waals surface area contributed by atoms with Crippen molar-refractivity contribution < 1.29 is 9.53 Å². The first-order chi connectivity index (χ1) is 13.9. The van der Waals surface area contributed by atoms with Crippen LogP contribution in [0.1, 0.15) is 25.0 Å². The molecule has 164 valence electrons. The number of amides is 2. The van der Waals surface area contributed by atoms with Crippen LogP contribution in [0.4, 0.5) is 10.5 Å². The van der Waals surface area contributed by atoms with Crippen molar-refractivity contribution in [3.05, 3.63) is 59.7 Å². The summed E-state index contributed by atoms with van der Waals surface area (Å²) in [5.74, 6) is 1.65. The predicted octanol–water partition coefficient (Wildman–Crippen LogP) is 4.05. The number of rotatable bonds is 7. The Balaban J connectivity index is 0.00000450. The van der Waals surface area contributed by atoms with Crippen LogP contribution >= 0.6 is 24.0 Å². The standard InChI is InChI=1S/C22H31N5O2.HI/c1-16(2)25-22(28)26-19-12-10-17(11-13-19)14-24-21(23-3)27(4)15-18-8-6-7-9-20(18)29-5;/h6-13,16H,14-15H2,1-5H3,(H,23,24)(H2,25,26,28);1H. The fraction of sp³-hybridized carbons (Fsp3) is 0.364. The molecule has 0 heterocycles. The highest BCUT2D eigenvalue weighted by Crippen LogP contribution is 2.18. The highest BCUT2D eigenvalue weighted by Gasteiger charge is 2.10. The Morgan fingerprint density at radius 1 is 1.13 bits per heavy atom. The molecule has 2 rings (SSSR count). The summed E-state index contributed by atoms with van der Waals surface area (Å²) in [6, 6.07) is 15.6. The molecule has 0 bridgehead atoms. The molecule has 0 unspecified atom stereocenters. The zero-order valence-corrected chi connectivity index (χ0v) is 20.6. The highest BCUT2D eigenvalue weighted by atomic mass is 127. The molecule has 0 fully saturated rings. The summed E-state index contributed by atoms with van der Waals surface area (Å²) >= 11 is 0. The molecule has 0 atom stereocenters. The maximum atomic E-state index is 11.8. The van der Waals surface area contributed by atoms with Crippen molar-refractivity contribution in [1.82, 2.24) is 15.5 Å². The first kappa shape index (κ1) is 25.5. The van der Waals surface area contributed by atoms with E-state index in [1.54, 1.807) is 14.2 Å². The van der Waals surface area contributed by atoms with E-state index < -0.39 is 0 Å². The monoisotopic (exact) mass is 525 g/mol. The van der Waals surface area contributed by atoms with E-state index in [0.717, 1.165) is 28.5 Å². The maximum absolute atomic E-state index is 11.8. The number of hydrogen-bond donors (Lipinski definition) is 3. The number of carbonyl (C=O) groups excluding carboxylic acids is 1. The Morgan fingerprint density at radius 3 is 2.40 bits per heavy atom. The van der Waals surface area contributed by atoms with Gasteiger partial charge in [-0.3, -0.25) is 4.99 Å². The van der Waals surface area contributed by atoms with Crippen molar-refractivity contribution in [2.24, 2.45) is 4.99 Å². The molecule has 0 aliphatic heterocycles. The zero-order valence-electron chi connectivity index (χ0n) is 18.2. The molecule has 0 saturated carbocycles. The van der Waals surface area contributed by atoms with Gasteiger partial charge in [-0.15, -0.1) is 24.0 Å². The van der Waals surface area contributed by atoms with Gasteiger partial charge in [0.2, 0.25) is 0 Å². The Kier molecular flexibility index (Phi) is 11.0. The molecule has 3 N–H and O–H groups in total. The van der Waals surface area contributed by atoms with Crippen LogP contribution in [0.25, 0.3) is 0 Å². The first-order valence-electron chi connectivity index (χ1n) is 9.63. The van der Waals surface area contributed by atoms with Crippen molar-refractivity contribution in [2.45, 2.75) is 33.0 Å². The summed E-state index contributed by atoms with van der Waals surface area (Å²) in [4.78, 5) is 18.2. The number of para-hydroxylation sites is 1. The van der Waals surface area contributed by atoms with Gasteiger partial charge in [-0.1, -0.05) is 30.3 Å². The van der Waals surface area contributed by atoms with Gasteiger partial charge in [-0.2, -0.15) is 0 Å². The summed E-state index contributed by atoms with van der Waals surface area (Å²) in [7, 11) is 5.43. The molecule has 0 saturated heterocycles. The number of carbonyl (C=O) groups is 1. The van der Waals surface area contributed by atoms with Crippen LogP contribution in [-0.2, 0) is 13.1 Å². The summed E-state index contributed by atoms with van der Waals surface area (Å²) in [5, 5.41) is 8.99. The number of ether oxygens (including phenoxy) is 1. The molecular weight excluding hydrogens is 493 g/mol. The van der Waals surface area contributed by atoms with Gasteiger partial charge in [0.25, 0.3) is 0 Å². The Bertz CT molecular complexity index is 825. The molecule has 0 aromatic heterocycles. The number of hydrogen-bond acceptors (Lipinski definition) is 3.